The van der Waals surface area contributed by atoms with Gasteiger partial charge < -0.3 is 16.0 Å². The SMILES string of the molecule is C=CCc1cc(NC(=O)NCCCCC)c(C(=O)NC)s1. The van der Waals surface area contributed by atoms with Crippen LogP contribution in [0.5, 0.6) is 0 Å². The maximum Gasteiger partial charge on any atom is 0.319 e. The molecule has 0 saturated heterocycles. The fourth-order valence-electron chi connectivity index (χ4n) is 1.80. The van der Waals surface area contributed by atoms with E-state index in [0.717, 1.165) is 24.1 Å². The number of carbonyl (C=O) groups excluding carboxylic acids is 2. The molecule has 0 fully saturated rings. The maximum atomic E-state index is 11.8. The van der Waals surface area contributed by atoms with E-state index < -0.39 is 0 Å². The molecule has 6 heteroatoms. The number of allylic oxidation sites excluding steroid dienone is 1. The molecule has 116 valence electrons. The molecule has 3 N–H and O–H groups in total. The molecule has 0 aliphatic carbocycles. The Bertz CT molecular complexity index is 497. The number of carbonyl (C=O) groups is 2. The third-order valence-corrected chi connectivity index (χ3v) is 4.03. The molecule has 0 saturated carbocycles. The van der Waals surface area contributed by atoms with Crippen molar-refractivity contribution in [1.29, 1.82) is 0 Å². The fraction of sp³-hybridized carbons (Fsp3) is 0.467. The lowest BCUT2D eigenvalue weighted by molar-refractivity contribution is 0.0968. The second kappa shape index (κ2) is 9.18. The second-order valence-electron chi connectivity index (χ2n) is 4.62. The van der Waals surface area contributed by atoms with Crippen LogP contribution in [0.1, 0.15) is 40.7 Å². The summed E-state index contributed by atoms with van der Waals surface area (Å²) in [6, 6.07) is 1.54. The van der Waals surface area contributed by atoms with Gasteiger partial charge in [0.25, 0.3) is 5.91 Å². The Morgan fingerprint density at radius 3 is 2.76 bits per heavy atom. The summed E-state index contributed by atoms with van der Waals surface area (Å²) < 4.78 is 0. The van der Waals surface area contributed by atoms with E-state index in [0.29, 0.717) is 23.5 Å². The van der Waals surface area contributed by atoms with E-state index in [1.54, 1.807) is 13.1 Å². The summed E-state index contributed by atoms with van der Waals surface area (Å²) in [6.45, 7) is 6.44. The largest absolute Gasteiger partial charge is 0.354 e. The smallest absolute Gasteiger partial charge is 0.319 e. The van der Waals surface area contributed by atoms with Crippen molar-refractivity contribution in [2.75, 3.05) is 18.9 Å². The molecular weight excluding hydrogens is 286 g/mol. The van der Waals surface area contributed by atoms with Crippen LogP contribution in [0.2, 0.25) is 0 Å². The zero-order valence-electron chi connectivity index (χ0n) is 12.6. The molecule has 1 rings (SSSR count). The van der Waals surface area contributed by atoms with E-state index in [-0.39, 0.29) is 11.9 Å². The molecule has 0 aliphatic rings. The van der Waals surface area contributed by atoms with E-state index in [1.165, 1.54) is 11.3 Å². The first-order valence-corrected chi connectivity index (χ1v) is 7.94. The number of nitrogens with one attached hydrogen (secondary N) is 3. The number of hydrogen-bond acceptors (Lipinski definition) is 3. The van der Waals surface area contributed by atoms with Crippen molar-refractivity contribution < 1.29 is 9.59 Å². The molecule has 5 nitrogen and oxygen atoms in total. The lowest BCUT2D eigenvalue weighted by Gasteiger charge is -2.07. The number of urea groups is 1. The van der Waals surface area contributed by atoms with Crippen LogP contribution in [0.3, 0.4) is 0 Å². The minimum absolute atomic E-state index is 0.198. The van der Waals surface area contributed by atoms with Crippen LogP contribution in [0.25, 0.3) is 0 Å². The van der Waals surface area contributed by atoms with Crippen LogP contribution in [-0.2, 0) is 6.42 Å². The predicted molar refractivity (Wildman–Crippen MR) is 88.2 cm³/mol. The first kappa shape index (κ1) is 17.2. The Morgan fingerprint density at radius 2 is 2.14 bits per heavy atom. The van der Waals surface area contributed by atoms with Crippen LogP contribution in [-0.4, -0.2) is 25.5 Å². The minimum atomic E-state index is -0.279. The van der Waals surface area contributed by atoms with Crippen LogP contribution in [0.15, 0.2) is 18.7 Å². The van der Waals surface area contributed by atoms with Gasteiger partial charge >= 0.3 is 6.03 Å². The average molecular weight is 309 g/mol. The first-order valence-electron chi connectivity index (χ1n) is 7.12. The lowest BCUT2D eigenvalue weighted by atomic mass is 10.2. The van der Waals surface area contributed by atoms with Gasteiger partial charge in [0, 0.05) is 18.5 Å². The standard InChI is InChI=1S/C15H23N3O2S/c1-4-6-7-9-17-15(20)18-12-10-11(8-5-2)21-13(12)14(19)16-3/h5,10H,2,4,6-9H2,1,3H3,(H,16,19)(H2,17,18,20). The van der Waals surface area contributed by atoms with Crippen molar-refractivity contribution in [3.63, 3.8) is 0 Å². The zero-order valence-corrected chi connectivity index (χ0v) is 13.4. The number of hydrogen-bond donors (Lipinski definition) is 3. The number of anilines is 1. The Labute approximate surface area is 129 Å². The Balaban J connectivity index is 2.69. The van der Waals surface area contributed by atoms with Gasteiger partial charge in [0.2, 0.25) is 0 Å². The molecule has 3 amide bonds. The molecule has 21 heavy (non-hydrogen) atoms. The van der Waals surface area contributed by atoms with E-state index in [1.807, 2.05) is 6.07 Å². The third kappa shape index (κ3) is 5.59. The summed E-state index contributed by atoms with van der Waals surface area (Å²) >= 11 is 1.36. The minimum Gasteiger partial charge on any atom is -0.354 e. The monoisotopic (exact) mass is 309 g/mol. The molecule has 0 radical (unpaired) electrons. The summed E-state index contributed by atoms with van der Waals surface area (Å²) in [5.74, 6) is -0.198. The van der Waals surface area contributed by atoms with Crippen LogP contribution in [0.4, 0.5) is 10.5 Å². The van der Waals surface area contributed by atoms with Crippen molar-refractivity contribution in [2.45, 2.75) is 32.6 Å². The summed E-state index contributed by atoms with van der Waals surface area (Å²) in [7, 11) is 1.57. The fourth-order valence-corrected chi connectivity index (χ4v) is 2.86. The Kier molecular flexibility index (Phi) is 7.53. The van der Waals surface area contributed by atoms with Crippen LogP contribution >= 0.6 is 11.3 Å². The Hall–Kier alpha value is -1.82. The highest BCUT2D eigenvalue weighted by Crippen LogP contribution is 2.27. The number of unbranched alkanes of at least 4 members (excludes halogenated alkanes) is 2. The molecule has 1 aromatic heterocycles. The van der Waals surface area contributed by atoms with E-state index in [4.69, 9.17) is 0 Å². The van der Waals surface area contributed by atoms with Crippen LogP contribution in [0, 0.1) is 0 Å². The van der Waals surface area contributed by atoms with Crippen molar-refractivity contribution in [2.24, 2.45) is 0 Å². The predicted octanol–water partition coefficient (Wildman–Crippen LogP) is 3.15. The van der Waals surface area contributed by atoms with Gasteiger partial charge in [-0.1, -0.05) is 25.8 Å². The van der Waals surface area contributed by atoms with E-state index >= 15 is 0 Å². The zero-order chi connectivity index (χ0) is 15.7. The van der Waals surface area contributed by atoms with Crippen LogP contribution < -0.4 is 16.0 Å². The van der Waals surface area contributed by atoms with Gasteiger partial charge in [-0.2, -0.15) is 0 Å². The summed E-state index contributed by atoms with van der Waals surface area (Å²) in [6.07, 6.45) is 5.60. The topological polar surface area (TPSA) is 70.2 Å². The van der Waals surface area contributed by atoms with Gasteiger partial charge in [-0.3, -0.25) is 4.79 Å². The van der Waals surface area contributed by atoms with E-state index in [9.17, 15) is 9.59 Å². The third-order valence-electron chi connectivity index (χ3n) is 2.88. The number of amides is 3. The van der Waals surface area contributed by atoms with Gasteiger partial charge in [0.05, 0.1) is 5.69 Å². The molecule has 0 spiro atoms. The maximum absolute atomic E-state index is 11.8. The molecule has 0 unspecified atom stereocenters. The van der Waals surface area contributed by atoms with E-state index in [2.05, 4.69) is 29.5 Å². The van der Waals surface area contributed by atoms with Gasteiger partial charge in [-0.25, -0.2) is 4.79 Å². The molecular formula is C15H23N3O2S. The van der Waals surface area contributed by atoms with Crippen molar-refractivity contribution >= 4 is 29.0 Å². The second-order valence-corrected chi connectivity index (χ2v) is 5.75. The van der Waals surface area contributed by atoms with Gasteiger partial charge in [-0.15, -0.1) is 17.9 Å². The van der Waals surface area contributed by atoms with Crippen molar-refractivity contribution in [3.05, 3.63) is 28.5 Å². The van der Waals surface area contributed by atoms with Gasteiger partial charge in [0.1, 0.15) is 4.88 Å². The molecule has 0 atom stereocenters. The van der Waals surface area contributed by atoms with Crippen molar-refractivity contribution in [1.82, 2.24) is 10.6 Å². The highest BCUT2D eigenvalue weighted by molar-refractivity contribution is 7.14. The summed E-state index contributed by atoms with van der Waals surface area (Å²) in [4.78, 5) is 25.2. The normalized spacial score (nSPS) is 10.0. The summed E-state index contributed by atoms with van der Waals surface area (Å²) in [5.41, 5.74) is 0.546. The molecule has 0 aromatic carbocycles. The lowest BCUT2D eigenvalue weighted by Crippen LogP contribution is -2.30. The molecule has 1 aromatic rings. The number of rotatable bonds is 8. The van der Waals surface area contributed by atoms with Crippen molar-refractivity contribution in [3.8, 4) is 0 Å². The highest BCUT2D eigenvalue weighted by atomic mass is 32.1. The molecule has 1 heterocycles. The van der Waals surface area contributed by atoms with Gasteiger partial charge in [0.15, 0.2) is 0 Å². The molecule has 0 aliphatic heterocycles. The quantitative estimate of drug-likeness (QED) is 0.510. The highest BCUT2D eigenvalue weighted by Gasteiger charge is 2.16. The number of thiophene rings is 1. The Morgan fingerprint density at radius 1 is 1.38 bits per heavy atom. The molecule has 0 bridgehead atoms. The average Bonchev–Trinajstić information content (AvgIpc) is 2.86. The summed E-state index contributed by atoms with van der Waals surface area (Å²) in [5, 5.41) is 8.13. The van der Waals surface area contributed by atoms with Gasteiger partial charge in [-0.05, 0) is 18.9 Å². The first-order chi connectivity index (χ1) is 10.1.